The van der Waals surface area contributed by atoms with E-state index < -0.39 is 27.9 Å². The van der Waals surface area contributed by atoms with Crippen molar-refractivity contribution in [3.8, 4) is 0 Å². The van der Waals surface area contributed by atoms with E-state index in [0.29, 0.717) is 11.3 Å². The van der Waals surface area contributed by atoms with Crippen molar-refractivity contribution in [3.05, 3.63) is 96.1 Å². The number of rotatable bonds is 3. The molecular formula is C21H16N2O4S. The van der Waals surface area contributed by atoms with Crippen LogP contribution < -0.4 is 9.62 Å². The van der Waals surface area contributed by atoms with Crippen molar-refractivity contribution < 1.29 is 18.0 Å². The summed E-state index contributed by atoms with van der Waals surface area (Å²) in [5, 5.41) is 0. The number of urea groups is 1. The Kier molecular flexibility index (Phi) is 4.44. The quantitative estimate of drug-likeness (QED) is 0.742. The number of sulfonamides is 1. The smallest absolute Gasteiger partial charge is 0.273 e. The number of carbonyl (C=O) groups excluding carboxylic acids is 2. The van der Waals surface area contributed by atoms with Crippen LogP contribution in [-0.4, -0.2) is 20.4 Å². The minimum atomic E-state index is -4.10. The highest BCUT2D eigenvalue weighted by Gasteiger charge is 2.42. The van der Waals surface area contributed by atoms with Crippen molar-refractivity contribution in [2.75, 3.05) is 4.90 Å². The second-order valence-electron chi connectivity index (χ2n) is 6.30. The van der Waals surface area contributed by atoms with Crippen LogP contribution in [0.4, 0.5) is 10.5 Å². The van der Waals surface area contributed by atoms with E-state index in [0.717, 1.165) is 10.5 Å². The van der Waals surface area contributed by atoms with Crippen LogP contribution in [0.5, 0.6) is 0 Å². The lowest BCUT2D eigenvalue weighted by Crippen LogP contribution is -2.45. The molecule has 1 unspecified atom stereocenters. The third-order valence-electron chi connectivity index (χ3n) is 4.57. The fourth-order valence-electron chi connectivity index (χ4n) is 3.31. The van der Waals surface area contributed by atoms with Crippen molar-refractivity contribution in [2.24, 2.45) is 0 Å². The van der Waals surface area contributed by atoms with Crippen molar-refractivity contribution in [2.45, 2.75) is 10.8 Å². The molecule has 6 nitrogen and oxygen atoms in total. The van der Waals surface area contributed by atoms with Gasteiger partial charge in [-0.3, -0.25) is 4.79 Å². The van der Waals surface area contributed by atoms with E-state index in [1.54, 1.807) is 42.5 Å². The van der Waals surface area contributed by atoms with Gasteiger partial charge >= 0.3 is 6.03 Å². The average Bonchev–Trinajstić information content (AvgIpc) is 3.01. The van der Waals surface area contributed by atoms with E-state index >= 15 is 0 Å². The molecule has 0 aliphatic carbocycles. The summed E-state index contributed by atoms with van der Waals surface area (Å²) in [6.45, 7) is 0. The van der Waals surface area contributed by atoms with E-state index in [2.05, 4.69) is 0 Å². The van der Waals surface area contributed by atoms with Gasteiger partial charge in [-0.05, 0) is 29.3 Å². The van der Waals surface area contributed by atoms with Gasteiger partial charge in [0.1, 0.15) is 0 Å². The maximum absolute atomic E-state index is 13.1. The molecule has 0 saturated carbocycles. The lowest BCUT2D eigenvalue weighted by Gasteiger charge is -2.17. The van der Waals surface area contributed by atoms with Crippen LogP contribution in [0.3, 0.4) is 0 Å². The summed E-state index contributed by atoms with van der Waals surface area (Å²) in [7, 11) is -4.10. The van der Waals surface area contributed by atoms with Gasteiger partial charge in [0.05, 0.1) is 16.5 Å². The Morgan fingerprint density at radius 2 is 1.39 bits per heavy atom. The third-order valence-corrected chi connectivity index (χ3v) is 5.90. The van der Waals surface area contributed by atoms with Gasteiger partial charge < -0.3 is 0 Å². The topological polar surface area (TPSA) is 83.6 Å². The zero-order valence-corrected chi connectivity index (χ0v) is 15.5. The molecule has 1 atom stereocenters. The van der Waals surface area contributed by atoms with Crippen molar-refractivity contribution in [1.29, 1.82) is 0 Å². The summed E-state index contributed by atoms with van der Waals surface area (Å²) >= 11 is 0. The van der Waals surface area contributed by atoms with Crippen LogP contribution in [-0.2, 0) is 14.8 Å². The van der Waals surface area contributed by atoms with Gasteiger partial charge in [0.15, 0.2) is 0 Å². The number of imide groups is 1. The summed E-state index contributed by atoms with van der Waals surface area (Å²) in [6, 6.07) is 22.5. The van der Waals surface area contributed by atoms with Crippen molar-refractivity contribution in [3.63, 3.8) is 0 Å². The van der Waals surface area contributed by atoms with Gasteiger partial charge in [-0.1, -0.05) is 66.7 Å². The molecule has 0 bridgehead atoms. The second-order valence-corrected chi connectivity index (χ2v) is 7.98. The van der Waals surface area contributed by atoms with Crippen LogP contribution >= 0.6 is 0 Å². The fraction of sp³-hybridized carbons (Fsp3) is 0.0476. The predicted molar refractivity (Wildman–Crippen MR) is 104 cm³/mol. The predicted octanol–water partition coefficient (Wildman–Crippen LogP) is 3.26. The molecule has 0 fully saturated rings. The highest BCUT2D eigenvalue weighted by atomic mass is 32.2. The average molecular weight is 392 g/mol. The van der Waals surface area contributed by atoms with Crippen LogP contribution in [0.2, 0.25) is 0 Å². The molecule has 140 valence electrons. The summed E-state index contributed by atoms with van der Waals surface area (Å²) in [6.07, 6.45) is 0. The number of nitrogens with zero attached hydrogens (tertiary/aromatic N) is 1. The normalized spacial score (nSPS) is 15.9. The molecule has 0 saturated heterocycles. The molecule has 4 rings (SSSR count). The molecule has 1 heterocycles. The summed E-state index contributed by atoms with van der Waals surface area (Å²) < 4.78 is 27.0. The van der Waals surface area contributed by atoms with Gasteiger partial charge in [0, 0.05) is 0 Å². The number of amides is 3. The molecule has 28 heavy (non-hydrogen) atoms. The Morgan fingerprint density at radius 3 is 2.07 bits per heavy atom. The molecular weight excluding hydrogens is 376 g/mol. The molecule has 0 spiro atoms. The van der Waals surface area contributed by atoms with E-state index in [-0.39, 0.29) is 4.90 Å². The number of benzene rings is 3. The SMILES string of the molecule is O=C(NS(=O)(=O)c1ccccc1)N1C(=O)C(c2ccccc2)c2ccccc21. The molecule has 0 radical (unpaired) electrons. The van der Waals surface area contributed by atoms with E-state index in [1.165, 1.54) is 12.1 Å². The largest absolute Gasteiger partial charge is 0.342 e. The molecule has 3 amide bonds. The van der Waals surface area contributed by atoms with Crippen molar-refractivity contribution >= 4 is 27.6 Å². The minimum absolute atomic E-state index is 0.0529. The first-order valence-corrected chi connectivity index (χ1v) is 10.1. The van der Waals surface area contributed by atoms with Gasteiger partial charge in [-0.25, -0.2) is 22.8 Å². The minimum Gasteiger partial charge on any atom is -0.273 e. The van der Waals surface area contributed by atoms with Gasteiger partial charge in [-0.15, -0.1) is 0 Å². The zero-order valence-electron chi connectivity index (χ0n) is 14.6. The Balaban J connectivity index is 1.70. The molecule has 3 aromatic carbocycles. The Morgan fingerprint density at radius 1 is 0.821 bits per heavy atom. The number of nitrogens with one attached hydrogen (secondary N) is 1. The molecule has 3 aromatic rings. The molecule has 0 aromatic heterocycles. The fourth-order valence-corrected chi connectivity index (χ4v) is 4.27. The van der Waals surface area contributed by atoms with Gasteiger partial charge in [0.2, 0.25) is 5.91 Å². The van der Waals surface area contributed by atoms with Gasteiger partial charge in [-0.2, -0.15) is 0 Å². The van der Waals surface area contributed by atoms with E-state index in [1.807, 2.05) is 35.1 Å². The number of hydrogen-bond donors (Lipinski definition) is 1. The van der Waals surface area contributed by atoms with Crippen LogP contribution in [0.15, 0.2) is 89.8 Å². The van der Waals surface area contributed by atoms with Crippen molar-refractivity contribution in [1.82, 2.24) is 4.72 Å². The lowest BCUT2D eigenvalue weighted by molar-refractivity contribution is -0.117. The summed E-state index contributed by atoms with van der Waals surface area (Å²) in [4.78, 5) is 26.7. The van der Waals surface area contributed by atoms with E-state index in [4.69, 9.17) is 0 Å². The molecule has 7 heteroatoms. The molecule has 1 aliphatic heterocycles. The lowest BCUT2D eigenvalue weighted by atomic mass is 9.93. The molecule has 1 N–H and O–H groups in total. The first kappa shape index (κ1) is 17.9. The maximum Gasteiger partial charge on any atom is 0.342 e. The third kappa shape index (κ3) is 3.05. The first-order chi connectivity index (χ1) is 13.5. The Bertz CT molecular complexity index is 1150. The molecule has 1 aliphatic rings. The highest BCUT2D eigenvalue weighted by molar-refractivity contribution is 7.90. The Labute approximate surface area is 162 Å². The zero-order chi connectivity index (χ0) is 19.7. The van der Waals surface area contributed by atoms with Crippen LogP contribution in [0.25, 0.3) is 0 Å². The van der Waals surface area contributed by atoms with Crippen LogP contribution in [0, 0.1) is 0 Å². The summed E-state index contributed by atoms with van der Waals surface area (Å²) in [5.74, 6) is -1.16. The van der Waals surface area contributed by atoms with Gasteiger partial charge in [0.25, 0.3) is 10.0 Å². The first-order valence-electron chi connectivity index (χ1n) is 8.59. The number of anilines is 1. The number of fused-ring (bicyclic) bond motifs is 1. The second kappa shape index (κ2) is 6.94. The van der Waals surface area contributed by atoms with Crippen LogP contribution in [0.1, 0.15) is 17.0 Å². The van der Waals surface area contributed by atoms with E-state index in [9.17, 15) is 18.0 Å². The standard InChI is InChI=1S/C21H16N2O4S/c24-20-19(15-9-3-1-4-10-15)17-13-7-8-14-18(17)23(20)21(25)22-28(26,27)16-11-5-2-6-12-16/h1-14,19H,(H,22,25). The number of para-hydroxylation sites is 1. The number of carbonyl (C=O) groups is 2. The maximum atomic E-state index is 13.1. The monoisotopic (exact) mass is 392 g/mol. The highest BCUT2D eigenvalue weighted by Crippen LogP contribution is 2.41. The summed E-state index contributed by atoms with van der Waals surface area (Å²) in [5.41, 5.74) is 1.77. The Hall–Kier alpha value is -3.45. The number of hydrogen-bond acceptors (Lipinski definition) is 4.